The summed E-state index contributed by atoms with van der Waals surface area (Å²) in [5, 5.41) is 0. The van der Waals surface area contributed by atoms with Gasteiger partial charge in [-0.25, -0.2) is 9.97 Å². The van der Waals surface area contributed by atoms with Crippen LogP contribution in [0.4, 0.5) is 5.69 Å². The standard InChI is InChI=1S/C6H5N3O/c7-4-1-5-6(8-2-4)10-3-9-5/h1-3H,7H2. The number of nitrogen functional groups attached to an aromatic ring is 1. The number of hydrogen-bond acceptors (Lipinski definition) is 4. The molecule has 0 radical (unpaired) electrons. The van der Waals surface area contributed by atoms with Gasteiger partial charge in [-0.15, -0.1) is 0 Å². The Morgan fingerprint density at radius 3 is 3.20 bits per heavy atom. The molecule has 0 saturated carbocycles. The molecule has 0 saturated heterocycles. The fourth-order valence-corrected chi connectivity index (χ4v) is 0.773. The van der Waals surface area contributed by atoms with Gasteiger partial charge in [0.15, 0.2) is 6.39 Å². The molecule has 0 spiro atoms. The zero-order valence-corrected chi connectivity index (χ0v) is 5.11. The van der Waals surface area contributed by atoms with Crippen LogP contribution in [0.25, 0.3) is 11.2 Å². The summed E-state index contributed by atoms with van der Waals surface area (Å²) in [6, 6.07) is 1.71. The van der Waals surface area contributed by atoms with E-state index in [0.29, 0.717) is 16.9 Å². The number of aromatic nitrogens is 2. The fourth-order valence-electron chi connectivity index (χ4n) is 0.773. The third-order valence-electron chi connectivity index (χ3n) is 1.21. The summed E-state index contributed by atoms with van der Waals surface area (Å²) in [5.41, 5.74) is 7.25. The van der Waals surface area contributed by atoms with Gasteiger partial charge in [-0.2, -0.15) is 0 Å². The van der Waals surface area contributed by atoms with Gasteiger partial charge in [0.1, 0.15) is 5.52 Å². The molecule has 0 atom stereocenters. The molecule has 2 rings (SSSR count). The van der Waals surface area contributed by atoms with Crippen LogP contribution in [0.1, 0.15) is 0 Å². The average molecular weight is 135 g/mol. The highest BCUT2D eigenvalue weighted by Crippen LogP contribution is 2.10. The second kappa shape index (κ2) is 1.70. The van der Waals surface area contributed by atoms with Crippen molar-refractivity contribution >= 4 is 16.9 Å². The number of fused-ring (bicyclic) bond motifs is 1. The number of rotatable bonds is 0. The van der Waals surface area contributed by atoms with E-state index < -0.39 is 0 Å². The van der Waals surface area contributed by atoms with E-state index in [-0.39, 0.29) is 0 Å². The molecule has 0 aliphatic heterocycles. The lowest BCUT2D eigenvalue weighted by Crippen LogP contribution is -1.84. The van der Waals surface area contributed by atoms with Crippen LogP contribution < -0.4 is 5.73 Å². The van der Waals surface area contributed by atoms with E-state index >= 15 is 0 Å². The van der Waals surface area contributed by atoms with Crippen molar-refractivity contribution in [3.63, 3.8) is 0 Å². The molecular weight excluding hydrogens is 130 g/mol. The first-order valence-corrected chi connectivity index (χ1v) is 2.81. The van der Waals surface area contributed by atoms with Crippen LogP contribution in [-0.4, -0.2) is 9.97 Å². The number of nitrogens with two attached hydrogens (primary N) is 1. The minimum Gasteiger partial charge on any atom is -0.425 e. The Hall–Kier alpha value is -1.58. The lowest BCUT2D eigenvalue weighted by atomic mass is 10.4. The van der Waals surface area contributed by atoms with Crippen LogP contribution in [0.3, 0.4) is 0 Å². The van der Waals surface area contributed by atoms with Gasteiger partial charge in [0.25, 0.3) is 0 Å². The molecular formula is C6H5N3O. The Morgan fingerprint density at radius 2 is 2.30 bits per heavy atom. The SMILES string of the molecule is Nc1cnc2ocnc2c1. The minimum absolute atomic E-state index is 0.522. The van der Waals surface area contributed by atoms with E-state index in [1.54, 1.807) is 6.07 Å². The van der Waals surface area contributed by atoms with Crippen LogP contribution in [0.5, 0.6) is 0 Å². The number of hydrogen-bond donors (Lipinski definition) is 1. The van der Waals surface area contributed by atoms with Crippen molar-refractivity contribution in [3.05, 3.63) is 18.7 Å². The molecule has 0 aromatic carbocycles. The zero-order chi connectivity index (χ0) is 6.97. The van der Waals surface area contributed by atoms with Gasteiger partial charge in [-0.3, -0.25) is 0 Å². The first-order valence-electron chi connectivity index (χ1n) is 2.81. The van der Waals surface area contributed by atoms with E-state index in [4.69, 9.17) is 10.2 Å². The number of oxazole rings is 1. The Morgan fingerprint density at radius 1 is 1.40 bits per heavy atom. The summed E-state index contributed by atoms with van der Waals surface area (Å²) in [7, 11) is 0. The van der Waals surface area contributed by atoms with Crippen molar-refractivity contribution < 1.29 is 4.42 Å². The third kappa shape index (κ3) is 0.621. The predicted molar refractivity (Wildman–Crippen MR) is 36.2 cm³/mol. The molecule has 0 fully saturated rings. The van der Waals surface area contributed by atoms with E-state index in [2.05, 4.69) is 9.97 Å². The molecule has 50 valence electrons. The normalized spacial score (nSPS) is 10.4. The zero-order valence-electron chi connectivity index (χ0n) is 5.11. The predicted octanol–water partition coefficient (Wildman–Crippen LogP) is 0.805. The molecule has 2 heterocycles. The van der Waals surface area contributed by atoms with Crippen molar-refractivity contribution in [2.75, 3.05) is 5.73 Å². The quantitative estimate of drug-likeness (QED) is 0.580. The maximum absolute atomic E-state index is 5.44. The molecule has 2 N–H and O–H groups in total. The summed E-state index contributed by atoms with van der Waals surface area (Å²) in [4.78, 5) is 7.76. The van der Waals surface area contributed by atoms with Gasteiger partial charge < -0.3 is 10.2 Å². The lowest BCUT2D eigenvalue weighted by molar-refractivity contribution is 0.591. The molecule has 10 heavy (non-hydrogen) atoms. The molecule has 0 bridgehead atoms. The number of nitrogens with zero attached hydrogens (tertiary/aromatic N) is 2. The number of pyridine rings is 1. The van der Waals surface area contributed by atoms with E-state index in [1.165, 1.54) is 12.6 Å². The Balaban J connectivity index is 2.86. The third-order valence-corrected chi connectivity index (χ3v) is 1.21. The second-order valence-corrected chi connectivity index (χ2v) is 1.95. The first-order chi connectivity index (χ1) is 4.86. The van der Waals surface area contributed by atoms with Crippen molar-refractivity contribution in [1.82, 2.24) is 9.97 Å². The van der Waals surface area contributed by atoms with Crippen LogP contribution in [0.15, 0.2) is 23.1 Å². The molecule has 0 aliphatic carbocycles. The van der Waals surface area contributed by atoms with Gasteiger partial charge in [0.2, 0.25) is 5.71 Å². The molecule has 4 heteroatoms. The lowest BCUT2D eigenvalue weighted by Gasteiger charge is -1.87. The molecule has 4 nitrogen and oxygen atoms in total. The van der Waals surface area contributed by atoms with Crippen LogP contribution in [0, 0.1) is 0 Å². The largest absolute Gasteiger partial charge is 0.425 e. The summed E-state index contributed by atoms with van der Waals surface area (Å²) < 4.78 is 4.90. The highest BCUT2D eigenvalue weighted by molar-refractivity contribution is 5.71. The average Bonchev–Trinajstić information content (AvgIpc) is 2.33. The second-order valence-electron chi connectivity index (χ2n) is 1.95. The Kier molecular flexibility index (Phi) is 0.887. The van der Waals surface area contributed by atoms with Crippen LogP contribution >= 0.6 is 0 Å². The van der Waals surface area contributed by atoms with Crippen LogP contribution in [0.2, 0.25) is 0 Å². The monoisotopic (exact) mass is 135 g/mol. The van der Waals surface area contributed by atoms with Crippen molar-refractivity contribution in [3.8, 4) is 0 Å². The molecule has 0 unspecified atom stereocenters. The van der Waals surface area contributed by atoms with Crippen molar-refractivity contribution in [2.24, 2.45) is 0 Å². The smallest absolute Gasteiger partial charge is 0.246 e. The molecule has 0 amide bonds. The first kappa shape index (κ1) is 5.22. The summed E-state index contributed by atoms with van der Waals surface area (Å²) in [6.45, 7) is 0. The van der Waals surface area contributed by atoms with E-state index in [1.807, 2.05) is 0 Å². The van der Waals surface area contributed by atoms with Gasteiger partial charge in [0.05, 0.1) is 11.9 Å². The summed E-state index contributed by atoms with van der Waals surface area (Å²) >= 11 is 0. The summed E-state index contributed by atoms with van der Waals surface area (Å²) in [5.74, 6) is 0. The molecule has 0 aliphatic rings. The number of anilines is 1. The minimum atomic E-state index is 0.522. The van der Waals surface area contributed by atoms with Crippen molar-refractivity contribution in [1.29, 1.82) is 0 Å². The summed E-state index contributed by atoms with van der Waals surface area (Å²) in [6.07, 6.45) is 2.88. The highest BCUT2D eigenvalue weighted by Gasteiger charge is 1.97. The van der Waals surface area contributed by atoms with E-state index in [9.17, 15) is 0 Å². The van der Waals surface area contributed by atoms with Gasteiger partial charge in [-0.05, 0) is 6.07 Å². The van der Waals surface area contributed by atoms with Crippen LogP contribution in [-0.2, 0) is 0 Å². The van der Waals surface area contributed by atoms with E-state index in [0.717, 1.165) is 0 Å². The molecule has 2 aromatic heterocycles. The van der Waals surface area contributed by atoms with Gasteiger partial charge in [0, 0.05) is 0 Å². The Labute approximate surface area is 56.7 Å². The maximum Gasteiger partial charge on any atom is 0.246 e. The van der Waals surface area contributed by atoms with Gasteiger partial charge in [-0.1, -0.05) is 0 Å². The molecule has 2 aromatic rings. The fraction of sp³-hybridized carbons (Fsp3) is 0. The maximum atomic E-state index is 5.44. The van der Waals surface area contributed by atoms with Crippen molar-refractivity contribution in [2.45, 2.75) is 0 Å². The Bertz CT molecular complexity index is 355. The topological polar surface area (TPSA) is 64.9 Å². The highest BCUT2D eigenvalue weighted by atomic mass is 16.3. The van der Waals surface area contributed by atoms with Gasteiger partial charge >= 0.3 is 0 Å².